The molecule has 0 bridgehead atoms. The highest BCUT2D eigenvalue weighted by Gasteiger charge is 2.31. The van der Waals surface area contributed by atoms with Crippen LogP contribution in [0.15, 0.2) is 53.5 Å². The van der Waals surface area contributed by atoms with Gasteiger partial charge in [-0.1, -0.05) is 24.3 Å². The monoisotopic (exact) mass is 366 g/mol. The van der Waals surface area contributed by atoms with Crippen molar-refractivity contribution in [3.8, 4) is 11.1 Å². The molecule has 1 aromatic heterocycles. The van der Waals surface area contributed by atoms with E-state index in [1.54, 1.807) is 31.5 Å². The van der Waals surface area contributed by atoms with Gasteiger partial charge in [-0.3, -0.25) is 19.6 Å². The number of benzene rings is 1. The summed E-state index contributed by atoms with van der Waals surface area (Å²) in [5.74, 6) is -2.14. The van der Waals surface area contributed by atoms with Gasteiger partial charge >= 0.3 is 5.97 Å². The topological polar surface area (TPSA) is 115 Å². The van der Waals surface area contributed by atoms with Crippen LogP contribution in [0, 0.1) is 0 Å². The molecule has 0 unspecified atom stereocenters. The summed E-state index contributed by atoms with van der Waals surface area (Å²) < 4.78 is 0. The Bertz CT molecular complexity index is 938. The summed E-state index contributed by atoms with van der Waals surface area (Å²) in [7, 11) is 0. The second-order valence-corrected chi connectivity index (χ2v) is 5.78. The first kappa shape index (κ1) is 18.1. The standard InChI is InChI=1S/C19H18N4O4/c1-2-22-23-11-15-13(12-5-4-8-20-9-12)6-3-7-14(15)18(26)17(23)19(27)21-10-16(24)25/h2-9,26H,10-11H2,1H3,(H,21,27)(H,24,25)/b22-2-. The molecule has 0 spiro atoms. The first-order valence-electron chi connectivity index (χ1n) is 8.25. The Balaban J connectivity index is 2.11. The first-order valence-corrected chi connectivity index (χ1v) is 8.25. The molecule has 0 atom stereocenters. The average molecular weight is 366 g/mol. The van der Waals surface area contributed by atoms with Crippen molar-refractivity contribution in [3.63, 3.8) is 0 Å². The number of nitrogens with one attached hydrogen (secondary N) is 1. The Morgan fingerprint density at radius 2 is 2.07 bits per heavy atom. The van der Waals surface area contributed by atoms with Gasteiger partial charge in [0.1, 0.15) is 6.54 Å². The van der Waals surface area contributed by atoms with E-state index in [1.807, 2.05) is 18.2 Å². The molecular weight excluding hydrogens is 348 g/mol. The molecule has 1 aliphatic rings. The maximum Gasteiger partial charge on any atom is 0.322 e. The predicted molar refractivity (Wildman–Crippen MR) is 99.6 cm³/mol. The van der Waals surface area contributed by atoms with E-state index in [4.69, 9.17) is 5.11 Å². The summed E-state index contributed by atoms with van der Waals surface area (Å²) in [5.41, 5.74) is 2.95. The quantitative estimate of drug-likeness (QED) is 0.697. The molecule has 0 fully saturated rings. The van der Waals surface area contributed by atoms with Crippen molar-refractivity contribution in [1.82, 2.24) is 15.3 Å². The lowest BCUT2D eigenvalue weighted by Gasteiger charge is -2.29. The van der Waals surface area contributed by atoms with Crippen LogP contribution in [0.2, 0.25) is 0 Å². The van der Waals surface area contributed by atoms with E-state index in [1.165, 1.54) is 11.2 Å². The number of aromatic nitrogens is 1. The number of aliphatic hydroxyl groups is 1. The number of rotatable bonds is 5. The number of fused-ring (bicyclic) bond motifs is 1. The number of hydrogen-bond acceptors (Lipinski definition) is 6. The van der Waals surface area contributed by atoms with Gasteiger partial charge in [0, 0.05) is 29.7 Å². The van der Waals surface area contributed by atoms with Gasteiger partial charge < -0.3 is 15.5 Å². The van der Waals surface area contributed by atoms with E-state index in [9.17, 15) is 14.7 Å². The number of aliphatic hydroxyl groups excluding tert-OH is 1. The summed E-state index contributed by atoms with van der Waals surface area (Å²) in [5, 5.41) is 27.3. The molecular formula is C19H18N4O4. The minimum atomic E-state index is -1.18. The molecule has 2 heterocycles. The Hall–Kier alpha value is -3.68. The fraction of sp³-hybridized carbons (Fsp3) is 0.158. The molecule has 0 radical (unpaired) electrons. The maximum atomic E-state index is 12.4. The molecule has 0 saturated carbocycles. The summed E-state index contributed by atoms with van der Waals surface area (Å²) in [4.78, 5) is 27.3. The zero-order valence-electron chi connectivity index (χ0n) is 14.6. The second-order valence-electron chi connectivity index (χ2n) is 5.78. The number of carboxylic acid groups (broad SMARTS) is 1. The number of pyridine rings is 1. The number of carbonyl (C=O) groups is 2. The zero-order valence-corrected chi connectivity index (χ0v) is 14.6. The van der Waals surface area contributed by atoms with Crippen LogP contribution in [0.4, 0.5) is 0 Å². The number of aliphatic carboxylic acids is 1. The number of hydrogen-bond donors (Lipinski definition) is 3. The van der Waals surface area contributed by atoms with Gasteiger partial charge in [-0.2, -0.15) is 5.10 Å². The number of nitrogens with zero attached hydrogens (tertiary/aromatic N) is 3. The van der Waals surface area contributed by atoms with Crippen LogP contribution in [-0.4, -0.2) is 44.8 Å². The van der Waals surface area contributed by atoms with E-state index in [0.29, 0.717) is 5.56 Å². The van der Waals surface area contributed by atoms with Gasteiger partial charge in [0.25, 0.3) is 5.91 Å². The van der Waals surface area contributed by atoms with Gasteiger partial charge in [0.05, 0.1) is 6.54 Å². The van der Waals surface area contributed by atoms with Crippen LogP contribution in [0.3, 0.4) is 0 Å². The van der Waals surface area contributed by atoms with Crippen LogP contribution >= 0.6 is 0 Å². The Morgan fingerprint density at radius 3 is 2.74 bits per heavy atom. The van der Waals surface area contributed by atoms with E-state index >= 15 is 0 Å². The summed E-state index contributed by atoms with van der Waals surface area (Å²) in [6.07, 6.45) is 4.89. The van der Waals surface area contributed by atoms with Crippen LogP contribution in [0.1, 0.15) is 18.1 Å². The lowest BCUT2D eigenvalue weighted by atomic mass is 9.92. The predicted octanol–water partition coefficient (Wildman–Crippen LogP) is 2.00. The Labute approximate surface area is 155 Å². The summed E-state index contributed by atoms with van der Waals surface area (Å²) >= 11 is 0. The van der Waals surface area contributed by atoms with Crippen LogP contribution < -0.4 is 5.32 Å². The third kappa shape index (κ3) is 3.64. The molecule has 1 aromatic carbocycles. The molecule has 8 heteroatoms. The molecule has 3 N–H and O–H groups in total. The van der Waals surface area contributed by atoms with Crippen molar-refractivity contribution in [3.05, 3.63) is 59.5 Å². The first-order chi connectivity index (χ1) is 13.0. The van der Waals surface area contributed by atoms with E-state index < -0.39 is 18.4 Å². The third-order valence-corrected chi connectivity index (χ3v) is 4.06. The highest BCUT2D eigenvalue weighted by molar-refractivity contribution is 6.01. The zero-order chi connectivity index (χ0) is 19.4. The largest absolute Gasteiger partial charge is 0.505 e. The molecule has 138 valence electrons. The van der Waals surface area contributed by atoms with Crippen LogP contribution in [0.5, 0.6) is 0 Å². The van der Waals surface area contributed by atoms with Crippen molar-refractivity contribution in [2.24, 2.45) is 5.10 Å². The number of amides is 1. The number of carbonyl (C=O) groups excluding carboxylic acids is 1. The van der Waals surface area contributed by atoms with Crippen molar-refractivity contribution in [2.75, 3.05) is 6.54 Å². The van der Waals surface area contributed by atoms with Crippen LogP contribution in [-0.2, 0) is 16.1 Å². The van der Waals surface area contributed by atoms with E-state index in [0.717, 1.165) is 16.7 Å². The van der Waals surface area contributed by atoms with Crippen molar-refractivity contribution >= 4 is 23.9 Å². The molecule has 3 rings (SSSR count). The molecule has 0 saturated heterocycles. The highest BCUT2D eigenvalue weighted by atomic mass is 16.4. The molecule has 1 amide bonds. The van der Waals surface area contributed by atoms with Crippen molar-refractivity contribution in [1.29, 1.82) is 0 Å². The van der Waals surface area contributed by atoms with Gasteiger partial charge in [-0.05, 0) is 24.1 Å². The minimum Gasteiger partial charge on any atom is -0.505 e. The molecule has 1 aliphatic heterocycles. The number of carboxylic acids is 1. The van der Waals surface area contributed by atoms with Crippen molar-refractivity contribution in [2.45, 2.75) is 13.5 Å². The maximum absolute atomic E-state index is 12.4. The normalized spacial score (nSPS) is 13.6. The van der Waals surface area contributed by atoms with Crippen LogP contribution in [0.25, 0.3) is 16.9 Å². The van der Waals surface area contributed by atoms with Gasteiger partial charge in [0.15, 0.2) is 11.5 Å². The number of hydrazone groups is 1. The molecule has 0 aliphatic carbocycles. The second kappa shape index (κ2) is 7.69. The Morgan fingerprint density at radius 1 is 1.30 bits per heavy atom. The minimum absolute atomic E-state index is 0.0924. The third-order valence-electron chi connectivity index (χ3n) is 4.06. The van der Waals surface area contributed by atoms with E-state index in [2.05, 4.69) is 15.4 Å². The Kier molecular flexibility index (Phi) is 5.16. The fourth-order valence-electron chi connectivity index (χ4n) is 2.95. The van der Waals surface area contributed by atoms with E-state index in [-0.39, 0.29) is 18.0 Å². The molecule has 2 aromatic rings. The average Bonchev–Trinajstić information content (AvgIpc) is 2.67. The SMILES string of the molecule is C/C=N\N1Cc2c(cccc2-c2cccnc2)C(O)=C1C(=O)NCC(=O)O. The lowest BCUT2D eigenvalue weighted by molar-refractivity contribution is -0.137. The summed E-state index contributed by atoms with van der Waals surface area (Å²) in [6.45, 7) is 1.37. The fourth-order valence-corrected chi connectivity index (χ4v) is 2.95. The van der Waals surface area contributed by atoms with Gasteiger partial charge in [-0.15, -0.1) is 0 Å². The van der Waals surface area contributed by atoms with Gasteiger partial charge in [-0.25, -0.2) is 0 Å². The molecule has 27 heavy (non-hydrogen) atoms. The van der Waals surface area contributed by atoms with Gasteiger partial charge in [0.2, 0.25) is 0 Å². The molecule has 8 nitrogen and oxygen atoms in total. The summed E-state index contributed by atoms with van der Waals surface area (Å²) in [6, 6.07) is 9.13. The highest BCUT2D eigenvalue weighted by Crippen LogP contribution is 2.36. The lowest BCUT2D eigenvalue weighted by Crippen LogP contribution is -2.38. The van der Waals surface area contributed by atoms with Crippen molar-refractivity contribution < 1.29 is 19.8 Å². The smallest absolute Gasteiger partial charge is 0.322 e.